The molecule has 0 aliphatic rings. The zero-order valence-corrected chi connectivity index (χ0v) is 13.3. The smallest absolute Gasteiger partial charge is 0.266 e. The van der Waals surface area contributed by atoms with E-state index in [1.165, 1.54) is 23.5 Å². The van der Waals surface area contributed by atoms with Crippen LogP contribution in [-0.4, -0.2) is 11.8 Å². The van der Waals surface area contributed by atoms with Gasteiger partial charge in [-0.1, -0.05) is 30.3 Å². The number of rotatable bonds is 4. The van der Waals surface area contributed by atoms with Crippen molar-refractivity contribution in [3.63, 3.8) is 0 Å². The minimum atomic E-state index is -0.885. The van der Waals surface area contributed by atoms with Gasteiger partial charge in [0.1, 0.15) is 5.82 Å². The van der Waals surface area contributed by atoms with Crippen molar-refractivity contribution in [3.05, 3.63) is 76.2 Å². The number of nitrogens with two attached hydrogens (primary N) is 1. The van der Waals surface area contributed by atoms with Gasteiger partial charge in [-0.25, -0.2) is 4.39 Å². The summed E-state index contributed by atoms with van der Waals surface area (Å²) in [6, 6.07) is 15.1. The molecule has 3 N–H and O–H groups in total. The Kier molecular flexibility index (Phi) is 4.39. The molecule has 24 heavy (non-hydrogen) atoms. The number of hydrogen-bond donors (Lipinski definition) is 2. The molecule has 0 aliphatic heterocycles. The van der Waals surface area contributed by atoms with E-state index < -0.39 is 11.7 Å². The van der Waals surface area contributed by atoms with E-state index in [0.29, 0.717) is 10.6 Å². The van der Waals surface area contributed by atoms with Gasteiger partial charge in [0.15, 0.2) is 0 Å². The van der Waals surface area contributed by atoms with E-state index in [-0.39, 0.29) is 11.5 Å². The molecule has 120 valence electrons. The first-order chi connectivity index (χ1) is 11.6. The lowest BCUT2D eigenvalue weighted by molar-refractivity contribution is 0.0993. The van der Waals surface area contributed by atoms with Crippen LogP contribution in [0.25, 0.3) is 11.1 Å². The van der Waals surface area contributed by atoms with E-state index in [1.807, 2.05) is 41.8 Å². The maximum atomic E-state index is 13.5. The van der Waals surface area contributed by atoms with E-state index in [1.54, 1.807) is 0 Å². The van der Waals surface area contributed by atoms with Gasteiger partial charge in [0.05, 0.1) is 10.4 Å². The molecule has 0 saturated heterocycles. The van der Waals surface area contributed by atoms with Gasteiger partial charge >= 0.3 is 0 Å². The Morgan fingerprint density at radius 1 is 1.04 bits per heavy atom. The van der Waals surface area contributed by atoms with Gasteiger partial charge in [-0.2, -0.15) is 0 Å². The van der Waals surface area contributed by atoms with E-state index in [0.717, 1.165) is 17.2 Å². The number of anilines is 1. The van der Waals surface area contributed by atoms with E-state index >= 15 is 0 Å². The summed E-state index contributed by atoms with van der Waals surface area (Å²) in [6.07, 6.45) is 0. The predicted molar refractivity (Wildman–Crippen MR) is 92.6 cm³/mol. The number of amides is 2. The van der Waals surface area contributed by atoms with Crippen molar-refractivity contribution in [2.24, 2.45) is 5.73 Å². The fourth-order valence-electron chi connectivity index (χ4n) is 2.31. The van der Waals surface area contributed by atoms with Gasteiger partial charge in [0.2, 0.25) is 0 Å². The molecule has 0 radical (unpaired) electrons. The van der Waals surface area contributed by atoms with Crippen LogP contribution < -0.4 is 11.1 Å². The monoisotopic (exact) mass is 340 g/mol. The molecule has 6 heteroatoms. The number of carbonyl (C=O) groups is 2. The first-order valence-electron chi connectivity index (χ1n) is 7.10. The van der Waals surface area contributed by atoms with Crippen LogP contribution in [0.4, 0.5) is 10.1 Å². The van der Waals surface area contributed by atoms with Gasteiger partial charge in [0, 0.05) is 11.3 Å². The Bertz CT molecular complexity index is 906. The second-order valence-electron chi connectivity index (χ2n) is 5.04. The Morgan fingerprint density at radius 3 is 2.50 bits per heavy atom. The molecule has 3 aromatic rings. The number of benzene rings is 2. The molecule has 2 amide bonds. The fourth-order valence-corrected chi connectivity index (χ4v) is 3.12. The third-order valence-electron chi connectivity index (χ3n) is 3.45. The highest BCUT2D eigenvalue weighted by molar-refractivity contribution is 7.12. The highest BCUT2D eigenvalue weighted by Crippen LogP contribution is 2.29. The number of nitrogens with one attached hydrogen (secondary N) is 1. The number of primary amides is 1. The molecule has 3 rings (SSSR count). The minimum Gasteiger partial charge on any atom is -0.366 e. The summed E-state index contributed by atoms with van der Waals surface area (Å²) in [5, 5.41) is 4.50. The topological polar surface area (TPSA) is 72.2 Å². The van der Waals surface area contributed by atoms with Crippen molar-refractivity contribution in [1.82, 2.24) is 0 Å². The van der Waals surface area contributed by atoms with Crippen LogP contribution in [0.2, 0.25) is 0 Å². The quantitative estimate of drug-likeness (QED) is 0.756. The average Bonchev–Trinajstić information content (AvgIpc) is 3.07. The zero-order valence-electron chi connectivity index (χ0n) is 12.5. The second kappa shape index (κ2) is 6.64. The SMILES string of the molecule is NC(=O)c1cc(NC(=O)c2sccc2-c2ccccc2)ccc1F. The molecule has 0 atom stereocenters. The van der Waals surface area contributed by atoms with Crippen LogP contribution in [-0.2, 0) is 0 Å². The van der Waals surface area contributed by atoms with Gasteiger partial charge < -0.3 is 11.1 Å². The number of halogens is 1. The summed E-state index contributed by atoms with van der Waals surface area (Å²) >= 11 is 1.31. The highest BCUT2D eigenvalue weighted by Gasteiger charge is 2.16. The lowest BCUT2D eigenvalue weighted by Crippen LogP contribution is -2.15. The van der Waals surface area contributed by atoms with Crippen LogP contribution in [0.3, 0.4) is 0 Å². The lowest BCUT2D eigenvalue weighted by Gasteiger charge is -2.08. The summed E-state index contributed by atoms with van der Waals surface area (Å²) in [5.74, 6) is -1.93. The molecular weight excluding hydrogens is 327 g/mol. The lowest BCUT2D eigenvalue weighted by atomic mass is 10.1. The molecule has 1 heterocycles. The van der Waals surface area contributed by atoms with Crippen LogP contribution in [0.1, 0.15) is 20.0 Å². The third kappa shape index (κ3) is 3.18. The molecule has 0 saturated carbocycles. The average molecular weight is 340 g/mol. The number of carbonyl (C=O) groups excluding carboxylic acids is 2. The largest absolute Gasteiger partial charge is 0.366 e. The van der Waals surface area contributed by atoms with Crippen LogP contribution >= 0.6 is 11.3 Å². The van der Waals surface area contributed by atoms with Crippen LogP contribution in [0, 0.1) is 5.82 Å². The predicted octanol–water partition coefficient (Wildman–Crippen LogP) is 3.91. The van der Waals surface area contributed by atoms with Gasteiger partial charge in [0.25, 0.3) is 11.8 Å². The Balaban J connectivity index is 1.88. The van der Waals surface area contributed by atoms with E-state index in [9.17, 15) is 14.0 Å². The molecule has 2 aromatic carbocycles. The molecule has 0 fully saturated rings. The number of thiophene rings is 1. The normalized spacial score (nSPS) is 10.4. The molecule has 0 unspecified atom stereocenters. The minimum absolute atomic E-state index is 0.262. The Morgan fingerprint density at radius 2 is 1.79 bits per heavy atom. The Hall–Kier alpha value is -2.99. The van der Waals surface area contributed by atoms with Crippen molar-refractivity contribution in [1.29, 1.82) is 0 Å². The van der Waals surface area contributed by atoms with E-state index in [2.05, 4.69) is 5.32 Å². The summed E-state index contributed by atoms with van der Waals surface area (Å²) in [7, 11) is 0. The third-order valence-corrected chi connectivity index (χ3v) is 4.36. The van der Waals surface area contributed by atoms with Gasteiger partial charge in [-0.05, 0) is 35.2 Å². The summed E-state index contributed by atoms with van der Waals surface area (Å²) in [5.41, 5.74) is 6.91. The first-order valence-corrected chi connectivity index (χ1v) is 7.98. The van der Waals surface area contributed by atoms with Gasteiger partial charge in [-0.3, -0.25) is 9.59 Å². The standard InChI is InChI=1S/C18H13FN2O2S/c19-15-7-6-12(10-14(15)17(20)22)21-18(23)16-13(8-9-24-16)11-4-2-1-3-5-11/h1-10H,(H2,20,22)(H,21,23). The molecule has 0 spiro atoms. The highest BCUT2D eigenvalue weighted by atomic mass is 32.1. The second-order valence-corrected chi connectivity index (χ2v) is 5.96. The maximum absolute atomic E-state index is 13.5. The van der Waals surface area contributed by atoms with Crippen molar-refractivity contribution in [3.8, 4) is 11.1 Å². The molecule has 4 nitrogen and oxygen atoms in total. The summed E-state index contributed by atoms with van der Waals surface area (Å²) in [6.45, 7) is 0. The summed E-state index contributed by atoms with van der Waals surface area (Å²) in [4.78, 5) is 24.3. The molecular formula is C18H13FN2O2S. The van der Waals surface area contributed by atoms with Crippen molar-refractivity contribution in [2.45, 2.75) is 0 Å². The molecule has 1 aromatic heterocycles. The Labute approximate surface area is 141 Å². The maximum Gasteiger partial charge on any atom is 0.266 e. The van der Waals surface area contributed by atoms with Crippen molar-refractivity contribution < 1.29 is 14.0 Å². The zero-order chi connectivity index (χ0) is 17.1. The first kappa shape index (κ1) is 15.9. The fraction of sp³-hybridized carbons (Fsp3) is 0. The molecule has 0 aliphatic carbocycles. The van der Waals surface area contributed by atoms with E-state index in [4.69, 9.17) is 5.73 Å². The van der Waals surface area contributed by atoms with Gasteiger partial charge in [-0.15, -0.1) is 11.3 Å². The van der Waals surface area contributed by atoms with Crippen LogP contribution in [0.5, 0.6) is 0 Å². The van der Waals surface area contributed by atoms with Crippen molar-refractivity contribution >= 4 is 28.8 Å². The van der Waals surface area contributed by atoms with Crippen LogP contribution in [0.15, 0.2) is 60.0 Å². The number of hydrogen-bond acceptors (Lipinski definition) is 3. The van der Waals surface area contributed by atoms with Crippen molar-refractivity contribution in [2.75, 3.05) is 5.32 Å². The molecule has 0 bridgehead atoms. The summed E-state index contributed by atoms with van der Waals surface area (Å²) < 4.78 is 13.5.